The molecule has 1 aliphatic rings. The van der Waals surface area contributed by atoms with Crippen LogP contribution in [0.3, 0.4) is 0 Å². The molecule has 1 aromatic rings. The van der Waals surface area contributed by atoms with Crippen LogP contribution in [-0.4, -0.2) is 40.3 Å². The molecule has 0 saturated carbocycles. The molecule has 1 saturated heterocycles. The third-order valence-corrected chi connectivity index (χ3v) is 4.60. The summed E-state index contributed by atoms with van der Waals surface area (Å²) < 4.78 is 0. The van der Waals surface area contributed by atoms with E-state index in [1.165, 1.54) is 0 Å². The van der Waals surface area contributed by atoms with E-state index in [4.69, 9.17) is 5.73 Å². The van der Waals surface area contributed by atoms with Crippen molar-refractivity contribution in [2.24, 2.45) is 11.7 Å². The van der Waals surface area contributed by atoms with Gasteiger partial charge in [0.2, 0.25) is 11.8 Å². The lowest BCUT2D eigenvalue weighted by molar-refractivity contribution is -0.140. The number of rotatable bonds is 6. The van der Waals surface area contributed by atoms with Gasteiger partial charge in [0.15, 0.2) is 0 Å². The minimum absolute atomic E-state index is 0.00133. The van der Waals surface area contributed by atoms with Crippen molar-refractivity contribution in [3.63, 3.8) is 0 Å². The Kier molecular flexibility index (Phi) is 6.31. The Morgan fingerprint density at radius 2 is 2.12 bits per heavy atom. The number of nitrogens with one attached hydrogen (secondary N) is 1. The summed E-state index contributed by atoms with van der Waals surface area (Å²) in [6, 6.07) is 3.79. The Bertz CT molecular complexity index is 551. The van der Waals surface area contributed by atoms with Crippen LogP contribution in [0, 0.1) is 5.92 Å². The fourth-order valence-corrected chi connectivity index (χ4v) is 3.17. The highest BCUT2D eigenvalue weighted by atomic mass is 16.2. The topological polar surface area (TPSA) is 88.3 Å². The average molecular weight is 332 g/mol. The number of likely N-dealkylation sites (tertiary alicyclic amines) is 1. The highest BCUT2D eigenvalue weighted by molar-refractivity contribution is 5.86. The summed E-state index contributed by atoms with van der Waals surface area (Å²) in [6.45, 7) is 5.51. The minimum atomic E-state index is -0.801. The number of hydrogen-bond donors (Lipinski definition) is 2. The molecule has 1 unspecified atom stereocenters. The summed E-state index contributed by atoms with van der Waals surface area (Å²) >= 11 is 0. The molecule has 2 rings (SSSR count). The zero-order chi connectivity index (χ0) is 17.6. The number of carbonyl (C=O) groups is 2. The third-order valence-electron chi connectivity index (χ3n) is 4.60. The first kappa shape index (κ1) is 18.4. The largest absolute Gasteiger partial charge is 0.352 e. The van der Waals surface area contributed by atoms with Crippen LogP contribution in [0.5, 0.6) is 0 Å². The number of nitrogens with zero attached hydrogens (tertiary/aromatic N) is 2. The molecule has 0 radical (unpaired) electrons. The van der Waals surface area contributed by atoms with Crippen molar-refractivity contribution in [1.82, 2.24) is 15.2 Å². The summed E-state index contributed by atoms with van der Waals surface area (Å²) in [6.07, 6.45) is 6.39. The van der Waals surface area contributed by atoms with Gasteiger partial charge in [-0.2, -0.15) is 0 Å². The van der Waals surface area contributed by atoms with Crippen molar-refractivity contribution in [2.75, 3.05) is 13.1 Å². The van der Waals surface area contributed by atoms with Crippen LogP contribution in [0.4, 0.5) is 0 Å². The lowest BCUT2D eigenvalue weighted by atomic mass is 9.91. The molecule has 0 aliphatic carbocycles. The van der Waals surface area contributed by atoms with Crippen LogP contribution in [0.1, 0.15) is 45.1 Å². The van der Waals surface area contributed by atoms with Crippen LogP contribution in [0.15, 0.2) is 24.5 Å². The molecule has 132 valence electrons. The van der Waals surface area contributed by atoms with E-state index in [1.807, 2.05) is 19.1 Å². The zero-order valence-electron chi connectivity index (χ0n) is 14.6. The highest BCUT2D eigenvalue weighted by Crippen LogP contribution is 2.21. The summed E-state index contributed by atoms with van der Waals surface area (Å²) in [5, 5.41) is 2.96. The molecule has 6 nitrogen and oxygen atoms in total. The van der Waals surface area contributed by atoms with Gasteiger partial charge < -0.3 is 16.0 Å². The van der Waals surface area contributed by atoms with Gasteiger partial charge in [0.25, 0.3) is 0 Å². The van der Waals surface area contributed by atoms with E-state index in [1.54, 1.807) is 24.2 Å². The van der Waals surface area contributed by atoms with Crippen LogP contribution in [0.2, 0.25) is 0 Å². The van der Waals surface area contributed by atoms with Gasteiger partial charge in [-0.05, 0) is 37.8 Å². The second kappa shape index (κ2) is 8.24. The molecule has 1 aliphatic heterocycles. The normalized spacial score (nSPS) is 18.0. The molecule has 1 aromatic heterocycles. The molecule has 0 bridgehead atoms. The van der Waals surface area contributed by atoms with Crippen molar-refractivity contribution in [3.05, 3.63) is 30.1 Å². The number of aromatic nitrogens is 1. The van der Waals surface area contributed by atoms with Gasteiger partial charge >= 0.3 is 0 Å². The van der Waals surface area contributed by atoms with E-state index >= 15 is 0 Å². The van der Waals surface area contributed by atoms with E-state index in [2.05, 4.69) is 10.3 Å². The van der Waals surface area contributed by atoms with E-state index in [-0.39, 0.29) is 17.7 Å². The highest BCUT2D eigenvalue weighted by Gasteiger charge is 2.35. The molecule has 3 N–H and O–H groups in total. The molecule has 6 heteroatoms. The zero-order valence-corrected chi connectivity index (χ0v) is 14.6. The summed E-state index contributed by atoms with van der Waals surface area (Å²) in [5.74, 6) is 0.00881. The molecule has 1 atom stereocenters. The molecule has 2 amide bonds. The van der Waals surface area contributed by atoms with Crippen molar-refractivity contribution >= 4 is 11.8 Å². The van der Waals surface area contributed by atoms with Gasteiger partial charge in [-0.25, -0.2) is 0 Å². The SMILES string of the molecule is CCCC(C)(N)C(=O)N1CCC(C(=O)NCc2cccnc2)CC1. The van der Waals surface area contributed by atoms with Crippen LogP contribution in [-0.2, 0) is 16.1 Å². The fourth-order valence-electron chi connectivity index (χ4n) is 3.17. The van der Waals surface area contributed by atoms with Gasteiger partial charge in [-0.15, -0.1) is 0 Å². The number of amides is 2. The predicted octanol–water partition coefficient (Wildman–Crippen LogP) is 1.45. The first-order chi connectivity index (χ1) is 11.4. The number of carbonyl (C=O) groups excluding carboxylic acids is 2. The van der Waals surface area contributed by atoms with Gasteiger partial charge in [-0.3, -0.25) is 14.6 Å². The Labute approximate surface area is 143 Å². The van der Waals surface area contributed by atoms with Gasteiger partial charge in [-0.1, -0.05) is 19.4 Å². The number of pyridine rings is 1. The minimum Gasteiger partial charge on any atom is -0.352 e. The molecular weight excluding hydrogens is 304 g/mol. The van der Waals surface area contributed by atoms with Gasteiger partial charge in [0.05, 0.1) is 5.54 Å². The Morgan fingerprint density at radius 3 is 2.71 bits per heavy atom. The first-order valence-electron chi connectivity index (χ1n) is 8.69. The molecule has 1 fully saturated rings. The molecule has 0 aromatic carbocycles. The van der Waals surface area contributed by atoms with Crippen LogP contribution in [0.25, 0.3) is 0 Å². The summed E-state index contributed by atoms with van der Waals surface area (Å²) in [4.78, 5) is 30.6. The Morgan fingerprint density at radius 1 is 1.42 bits per heavy atom. The van der Waals surface area contributed by atoms with E-state index in [0.717, 1.165) is 12.0 Å². The summed E-state index contributed by atoms with van der Waals surface area (Å²) in [7, 11) is 0. The predicted molar refractivity (Wildman–Crippen MR) is 92.9 cm³/mol. The van der Waals surface area contributed by atoms with Crippen molar-refractivity contribution in [3.8, 4) is 0 Å². The second-order valence-electron chi connectivity index (χ2n) is 6.81. The van der Waals surface area contributed by atoms with E-state index < -0.39 is 5.54 Å². The molecular formula is C18H28N4O2. The third kappa shape index (κ3) is 4.77. The molecule has 24 heavy (non-hydrogen) atoms. The van der Waals surface area contributed by atoms with Crippen LogP contribution < -0.4 is 11.1 Å². The van der Waals surface area contributed by atoms with Gasteiger partial charge in [0.1, 0.15) is 0 Å². The standard InChI is InChI=1S/C18H28N4O2/c1-3-8-18(2,19)17(24)22-10-6-15(7-11-22)16(23)21-13-14-5-4-9-20-12-14/h4-5,9,12,15H,3,6-8,10-11,13,19H2,1-2H3,(H,21,23). The molecule has 2 heterocycles. The Hall–Kier alpha value is -1.95. The number of piperidine rings is 1. The lowest BCUT2D eigenvalue weighted by Gasteiger charge is -2.36. The van der Waals surface area contributed by atoms with Crippen molar-refractivity contribution in [2.45, 2.75) is 51.6 Å². The first-order valence-corrected chi connectivity index (χ1v) is 8.69. The van der Waals surface area contributed by atoms with E-state index in [0.29, 0.717) is 38.9 Å². The van der Waals surface area contributed by atoms with Crippen molar-refractivity contribution in [1.29, 1.82) is 0 Å². The maximum Gasteiger partial charge on any atom is 0.242 e. The average Bonchev–Trinajstić information content (AvgIpc) is 2.60. The van der Waals surface area contributed by atoms with E-state index in [9.17, 15) is 9.59 Å². The Balaban J connectivity index is 1.79. The number of hydrogen-bond acceptors (Lipinski definition) is 4. The lowest BCUT2D eigenvalue weighted by Crippen LogP contribution is -2.55. The van der Waals surface area contributed by atoms with Crippen molar-refractivity contribution < 1.29 is 9.59 Å². The molecule has 0 spiro atoms. The maximum absolute atomic E-state index is 12.5. The smallest absolute Gasteiger partial charge is 0.242 e. The maximum atomic E-state index is 12.5. The fraction of sp³-hybridized carbons (Fsp3) is 0.611. The monoisotopic (exact) mass is 332 g/mol. The van der Waals surface area contributed by atoms with Gasteiger partial charge in [0, 0.05) is 37.9 Å². The quantitative estimate of drug-likeness (QED) is 0.825. The second-order valence-corrected chi connectivity index (χ2v) is 6.81. The summed E-state index contributed by atoms with van der Waals surface area (Å²) in [5.41, 5.74) is 6.31. The number of nitrogens with two attached hydrogens (primary N) is 1. The van der Waals surface area contributed by atoms with Crippen LogP contribution >= 0.6 is 0 Å².